The second kappa shape index (κ2) is 8.71. The van der Waals surface area contributed by atoms with Crippen molar-refractivity contribution < 1.29 is 13.2 Å². The van der Waals surface area contributed by atoms with Crippen molar-refractivity contribution in [2.24, 2.45) is 17.8 Å². The number of hydrogen-bond acceptors (Lipinski definition) is 5. The number of sulfonamides is 1. The molecule has 3 fully saturated rings. The van der Waals surface area contributed by atoms with Gasteiger partial charge in [-0.1, -0.05) is 30.3 Å². The number of nitrogens with one attached hydrogen (secondary N) is 2. The third-order valence-electron chi connectivity index (χ3n) is 6.94. The normalized spacial score (nSPS) is 29.5. The van der Waals surface area contributed by atoms with Gasteiger partial charge < -0.3 is 5.32 Å². The van der Waals surface area contributed by atoms with Gasteiger partial charge in [-0.05, 0) is 43.1 Å². The van der Waals surface area contributed by atoms with Crippen molar-refractivity contribution in [2.75, 3.05) is 32.4 Å². The third kappa shape index (κ3) is 4.82. The highest BCUT2D eigenvalue weighted by molar-refractivity contribution is 7.88. The van der Waals surface area contributed by atoms with Gasteiger partial charge in [0, 0.05) is 38.8 Å². The van der Waals surface area contributed by atoms with Crippen LogP contribution in [0.1, 0.15) is 31.2 Å². The van der Waals surface area contributed by atoms with Crippen molar-refractivity contribution in [3.63, 3.8) is 0 Å². The van der Waals surface area contributed by atoms with Gasteiger partial charge in [0.05, 0.1) is 12.2 Å². The molecule has 3 unspecified atom stereocenters. The second-order valence-electron chi connectivity index (χ2n) is 8.72. The number of hydrogen-bond donors (Lipinski definition) is 2. The molecule has 1 aromatic carbocycles. The largest absolute Gasteiger partial charge is 0.352 e. The summed E-state index contributed by atoms with van der Waals surface area (Å²) in [4.78, 5) is 12.9. The summed E-state index contributed by atoms with van der Waals surface area (Å²) in [5, 5.41) is 5.37. The van der Waals surface area contributed by atoms with E-state index in [4.69, 9.17) is 0 Å². The van der Waals surface area contributed by atoms with E-state index in [1.807, 2.05) is 30.3 Å². The first-order chi connectivity index (χ1) is 13.9. The lowest BCUT2D eigenvalue weighted by molar-refractivity contribution is -0.126. The van der Waals surface area contributed by atoms with Crippen LogP contribution in [0.5, 0.6) is 0 Å². The molecule has 2 N–H and O–H groups in total. The maximum atomic E-state index is 12.9. The maximum Gasteiger partial charge on any atom is 0.226 e. The lowest BCUT2D eigenvalue weighted by Crippen LogP contribution is -2.49. The van der Waals surface area contributed by atoms with Crippen molar-refractivity contribution >= 4 is 15.9 Å². The average molecular weight is 421 g/mol. The number of rotatable bonds is 5. The van der Waals surface area contributed by atoms with Gasteiger partial charge in [-0.3, -0.25) is 10.2 Å². The molecule has 0 spiro atoms. The van der Waals surface area contributed by atoms with Crippen LogP contribution >= 0.6 is 0 Å². The lowest BCUT2D eigenvalue weighted by atomic mass is 9.75. The molecule has 0 aromatic heterocycles. The molecule has 0 aliphatic carbocycles. The molecule has 3 heterocycles. The van der Waals surface area contributed by atoms with Crippen LogP contribution in [0.2, 0.25) is 0 Å². The van der Waals surface area contributed by atoms with E-state index in [2.05, 4.69) is 15.8 Å². The van der Waals surface area contributed by atoms with Gasteiger partial charge >= 0.3 is 0 Å². The number of benzene rings is 1. The first-order valence-electron chi connectivity index (χ1n) is 10.7. The molecule has 3 saturated heterocycles. The molecule has 0 saturated carbocycles. The van der Waals surface area contributed by atoms with E-state index in [0.717, 1.165) is 37.8 Å². The minimum Gasteiger partial charge on any atom is -0.352 e. The van der Waals surface area contributed by atoms with Crippen molar-refractivity contribution in [3.05, 3.63) is 35.9 Å². The molecule has 160 valence electrons. The van der Waals surface area contributed by atoms with E-state index in [-0.39, 0.29) is 17.9 Å². The zero-order valence-electron chi connectivity index (χ0n) is 17.1. The van der Waals surface area contributed by atoms with Crippen LogP contribution in [0.15, 0.2) is 30.3 Å². The van der Waals surface area contributed by atoms with E-state index in [0.29, 0.717) is 38.0 Å². The molecule has 3 atom stereocenters. The Bertz CT molecular complexity index is 808. The summed E-state index contributed by atoms with van der Waals surface area (Å²) in [6.45, 7) is 3.49. The van der Waals surface area contributed by atoms with Gasteiger partial charge in [0.15, 0.2) is 0 Å². The summed E-state index contributed by atoms with van der Waals surface area (Å²) in [6, 6.07) is 10.2. The van der Waals surface area contributed by atoms with Crippen molar-refractivity contribution in [3.8, 4) is 0 Å². The highest BCUT2D eigenvalue weighted by atomic mass is 32.2. The Hall–Kier alpha value is -1.48. The summed E-state index contributed by atoms with van der Waals surface area (Å²) in [6.07, 6.45) is 5.30. The first kappa shape index (κ1) is 20.8. The summed E-state index contributed by atoms with van der Waals surface area (Å²) in [5.74, 6) is 1.23. The molecule has 8 heteroatoms. The third-order valence-corrected chi connectivity index (χ3v) is 8.25. The van der Waals surface area contributed by atoms with Gasteiger partial charge in [0.2, 0.25) is 15.9 Å². The topological polar surface area (TPSA) is 81.8 Å². The fraction of sp³-hybridized carbons (Fsp3) is 0.667. The highest BCUT2D eigenvalue weighted by Gasteiger charge is 2.44. The molecule has 3 aliphatic rings. The van der Waals surface area contributed by atoms with E-state index in [1.165, 1.54) is 6.26 Å². The van der Waals surface area contributed by atoms with Gasteiger partial charge in [-0.2, -0.15) is 0 Å². The Balaban J connectivity index is 1.32. The van der Waals surface area contributed by atoms with Crippen molar-refractivity contribution in [2.45, 2.75) is 38.3 Å². The van der Waals surface area contributed by atoms with E-state index < -0.39 is 10.0 Å². The fourth-order valence-electron chi connectivity index (χ4n) is 5.25. The van der Waals surface area contributed by atoms with Gasteiger partial charge in [0.25, 0.3) is 0 Å². The monoisotopic (exact) mass is 420 g/mol. The van der Waals surface area contributed by atoms with Crippen LogP contribution < -0.4 is 10.7 Å². The minimum atomic E-state index is -3.08. The number of piperidine rings is 2. The SMILES string of the molecule is CS(=O)(=O)N1CCC(C2CCN3NCC(C(=O)NCc4ccccc4)C3C2)CC1. The molecule has 1 amide bonds. The summed E-state index contributed by atoms with van der Waals surface area (Å²) < 4.78 is 25.1. The van der Waals surface area contributed by atoms with Crippen LogP contribution in [-0.2, 0) is 21.4 Å². The van der Waals surface area contributed by atoms with Crippen LogP contribution in [0.4, 0.5) is 0 Å². The Morgan fingerprint density at radius 2 is 1.79 bits per heavy atom. The molecular formula is C21H32N4O3S. The Labute approximate surface area is 173 Å². The molecule has 0 bridgehead atoms. The quantitative estimate of drug-likeness (QED) is 0.748. The molecular weight excluding hydrogens is 388 g/mol. The highest BCUT2D eigenvalue weighted by Crippen LogP contribution is 2.38. The second-order valence-corrected chi connectivity index (χ2v) is 10.7. The number of hydrazine groups is 1. The van der Waals surface area contributed by atoms with Crippen molar-refractivity contribution in [1.29, 1.82) is 0 Å². The summed E-state index contributed by atoms with van der Waals surface area (Å²) in [5.41, 5.74) is 4.54. The van der Waals surface area contributed by atoms with E-state index in [1.54, 1.807) is 4.31 Å². The number of carbonyl (C=O) groups excluding carboxylic acids is 1. The number of amides is 1. The van der Waals surface area contributed by atoms with Crippen LogP contribution in [-0.4, -0.2) is 62.1 Å². The van der Waals surface area contributed by atoms with E-state index >= 15 is 0 Å². The minimum absolute atomic E-state index is 0.0300. The predicted molar refractivity (Wildman–Crippen MR) is 112 cm³/mol. The number of fused-ring (bicyclic) bond motifs is 1. The standard InChI is InChI=1S/C21H32N4O3S/c1-29(27,28)24-10-7-17(8-11-24)18-9-12-25-20(13-18)19(15-23-25)21(26)22-14-16-5-3-2-4-6-16/h2-6,17-20,23H,7-15H2,1H3,(H,22,26). The molecule has 1 aromatic rings. The average Bonchev–Trinajstić information content (AvgIpc) is 3.15. The van der Waals surface area contributed by atoms with E-state index in [9.17, 15) is 13.2 Å². The fourth-order valence-corrected chi connectivity index (χ4v) is 6.12. The summed E-state index contributed by atoms with van der Waals surface area (Å²) in [7, 11) is -3.08. The molecule has 29 heavy (non-hydrogen) atoms. The predicted octanol–water partition coefficient (Wildman–Crippen LogP) is 1.19. The number of carbonyl (C=O) groups is 1. The van der Waals surface area contributed by atoms with Gasteiger partial charge in [0.1, 0.15) is 0 Å². The van der Waals surface area contributed by atoms with Gasteiger partial charge in [-0.15, -0.1) is 0 Å². The maximum absolute atomic E-state index is 12.9. The Kier molecular flexibility index (Phi) is 6.24. The zero-order chi connectivity index (χ0) is 20.4. The molecule has 0 radical (unpaired) electrons. The Morgan fingerprint density at radius 1 is 1.10 bits per heavy atom. The first-order valence-corrected chi connectivity index (χ1v) is 12.5. The Morgan fingerprint density at radius 3 is 2.48 bits per heavy atom. The lowest BCUT2D eigenvalue weighted by Gasteiger charge is -2.42. The van der Waals surface area contributed by atoms with Crippen molar-refractivity contribution in [1.82, 2.24) is 20.1 Å². The summed E-state index contributed by atoms with van der Waals surface area (Å²) >= 11 is 0. The van der Waals surface area contributed by atoms with Crippen LogP contribution in [0.3, 0.4) is 0 Å². The van der Waals surface area contributed by atoms with Crippen LogP contribution in [0.25, 0.3) is 0 Å². The number of nitrogens with zero attached hydrogens (tertiary/aromatic N) is 2. The van der Waals surface area contributed by atoms with Crippen LogP contribution in [0, 0.1) is 17.8 Å². The molecule has 4 rings (SSSR count). The molecule has 3 aliphatic heterocycles. The molecule has 7 nitrogen and oxygen atoms in total. The zero-order valence-corrected chi connectivity index (χ0v) is 17.9. The van der Waals surface area contributed by atoms with Gasteiger partial charge in [-0.25, -0.2) is 17.7 Å². The smallest absolute Gasteiger partial charge is 0.226 e.